The predicted octanol–water partition coefficient (Wildman–Crippen LogP) is 3.60. The molecule has 1 atom stereocenters. The van der Waals surface area contributed by atoms with Gasteiger partial charge >= 0.3 is 12.0 Å². The van der Waals surface area contributed by atoms with Crippen LogP contribution in [0.3, 0.4) is 0 Å². The van der Waals surface area contributed by atoms with Crippen LogP contribution in [0.25, 0.3) is 10.9 Å². The maximum absolute atomic E-state index is 12.4. The normalized spacial score (nSPS) is 15.3. The molecule has 0 aliphatic heterocycles. The van der Waals surface area contributed by atoms with Gasteiger partial charge in [-0.1, -0.05) is 48.5 Å². The third-order valence-corrected chi connectivity index (χ3v) is 5.84. The van der Waals surface area contributed by atoms with Gasteiger partial charge in [0.2, 0.25) is 0 Å². The third kappa shape index (κ3) is 4.90. The molecular weight excluding hydrogens is 390 g/mol. The van der Waals surface area contributed by atoms with Gasteiger partial charge in [-0.3, -0.25) is 4.79 Å². The quantitative estimate of drug-likeness (QED) is 0.575. The van der Waals surface area contributed by atoms with Crippen molar-refractivity contribution in [3.63, 3.8) is 0 Å². The van der Waals surface area contributed by atoms with E-state index in [4.69, 9.17) is 4.74 Å². The first-order valence-electron chi connectivity index (χ1n) is 11.0. The number of para-hydroxylation sites is 1. The van der Waals surface area contributed by atoms with E-state index in [1.165, 1.54) is 16.8 Å². The van der Waals surface area contributed by atoms with E-state index in [-0.39, 0.29) is 24.6 Å². The molecule has 3 aromatic rings. The summed E-state index contributed by atoms with van der Waals surface area (Å²) in [7, 11) is 0. The van der Waals surface area contributed by atoms with Crippen LogP contribution in [0.5, 0.6) is 0 Å². The molecule has 6 nitrogen and oxygen atoms in total. The van der Waals surface area contributed by atoms with Crippen molar-refractivity contribution < 1.29 is 14.3 Å². The molecule has 0 fully saturated rings. The molecule has 2 N–H and O–H groups in total. The van der Waals surface area contributed by atoms with Crippen LogP contribution in [0, 0.1) is 0 Å². The van der Waals surface area contributed by atoms with Crippen LogP contribution >= 0.6 is 0 Å². The Morgan fingerprint density at radius 2 is 1.87 bits per heavy atom. The summed E-state index contributed by atoms with van der Waals surface area (Å²) >= 11 is 0. The van der Waals surface area contributed by atoms with E-state index in [0.717, 1.165) is 36.6 Å². The van der Waals surface area contributed by atoms with E-state index in [1.807, 2.05) is 43.3 Å². The minimum atomic E-state index is -0.218. The predicted molar refractivity (Wildman–Crippen MR) is 121 cm³/mol. The van der Waals surface area contributed by atoms with Gasteiger partial charge in [0.05, 0.1) is 6.61 Å². The lowest BCUT2D eigenvalue weighted by Crippen LogP contribution is -2.45. The van der Waals surface area contributed by atoms with Gasteiger partial charge in [-0.2, -0.15) is 0 Å². The molecule has 0 spiro atoms. The molecule has 0 unspecified atom stereocenters. The zero-order chi connectivity index (χ0) is 21.6. The largest absolute Gasteiger partial charge is 0.465 e. The fourth-order valence-electron chi connectivity index (χ4n) is 4.44. The maximum Gasteiger partial charge on any atom is 0.325 e. The smallest absolute Gasteiger partial charge is 0.325 e. The van der Waals surface area contributed by atoms with Gasteiger partial charge < -0.3 is 19.9 Å². The van der Waals surface area contributed by atoms with E-state index in [9.17, 15) is 9.59 Å². The topological polar surface area (TPSA) is 72.4 Å². The van der Waals surface area contributed by atoms with Crippen LogP contribution in [-0.2, 0) is 35.3 Å². The lowest BCUT2D eigenvalue weighted by Gasteiger charge is -2.25. The number of benzene rings is 2. The zero-order valence-corrected chi connectivity index (χ0v) is 17.9. The number of amides is 2. The molecule has 1 aromatic heterocycles. The number of carbonyl (C=O) groups is 2. The van der Waals surface area contributed by atoms with Crippen LogP contribution in [-0.4, -0.2) is 35.8 Å². The molecule has 0 radical (unpaired) electrons. The summed E-state index contributed by atoms with van der Waals surface area (Å²) in [6.45, 7) is 3.03. The monoisotopic (exact) mass is 419 g/mol. The average molecular weight is 420 g/mol. The Morgan fingerprint density at radius 1 is 1.10 bits per heavy atom. The molecule has 31 heavy (non-hydrogen) atoms. The molecule has 2 amide bonds. The first kappa shape index (κ1) is 21.0. The number of fused-ring (bicyclic) bond motifs is 3. The lowest BCUT2D eigenvalue weighted by molar-refractivity contribution is -0.143. The van der Waals surface area contributed by atoms with Crippen LogP contribution in [0.1, 0.15) is 30.2 Å². The Bertz CT molecular complexity index is 1060. The molecule has 0 saturated carbocycles. The Hall–Kier alpha value is -3.28. The molecular formula is C25H29N3O3. The second-order valence-corrected chi connectivity index (χ2v) is 7.91. The molecule has 0 bridgehead atoms. The fourth-order valence-corrected chi connectivity index (χ4v) is 4.44. The van der Waals surface area contributed by atoms with E-state index in [0.29, 0.717) is 13.2 Å². The summed E-state index contributed by atoms with van der Waals surface area (Å²) in [5.41, 5.74) is 4.66. The number of nitrogens with one attached hydrogen (secondary N) is 2. The Kier molecular flexibility index (Phi) is 6.55. The summed E-state index contributed by atoms with van der Waals surface area (Å²) in [4.78, 5) is 24.6. The second-order valence-electron chi connectivity index (χ2n) is 7.91. The van der Waals surface area contributed by atoms with Gasteiger partial charge in [0, 0.05) is 29.2 Å². The van der Waals surface area contributed by atoms with E-state index >= 15 is 0 Å². The maximum atomic E-state index is 12.4. The SMILES string of the molecule is CCOC(=O)Cn1c2c(c3ccccc31)C[C@@H](NC(=O)NCCc1ccccc1)CC2. The number of ether oxygens (including phenoxy) is 1. The van der Waals surface area contributed by atoms with Crippen molar-refractivity contribution in [2.45, 2.75) is 45.2 Å². The van der Waals surface area contributed by atoms with Crippen LogP contribution in [0.4, 0.5) is 4.79 Å². The Balaban J connectivity index is 1.41. The van der Waals surface area contributed by atoms with E-state index < -0.39 is 0 Å². The highest BCUT2D eigenvalue weighted by Gasteiger charge is 2.27. The third-order valence-electron chi connectivity index (χ3n) is 5.84. The Labute approximate surface area is 182 Å². The van der Waals surface area contributed by atoms with E-state index in [2.05, 4.69) is 33.4 Å². The molecule has 4 rings (SSSR count). The van der Waals surface area contributed by atoms with Gasteiger partial charge in [-0.15, -0.1) is 0 Å². The zero-order valence-electron chi connectivity index (χ0n) is 17.9. The van der Waals surface area contributed by atoms with Crippen molar-refractivity contribution in [2.75, 3.05) is 13.2 Å². The van der Waals surface area contributed by atoms with Gasteiger partial charge in [-0.25, -0.2) is 4.79 Å². The van der Waals surface area contributed by atoms with Crippen molar-refractivity contribution in [2.24, 2.45) is 0 Å². The highest BCUT2D eigenvalue weighted by Crippen LogP contribution is 2.32. The minimum absolute atomic E-state index is 0.0751. The number of hydrogen-bond acceptors (Lipinski definition) is 3. The summed E-state index contributed by atoms with van der Waals surface area (Å²) in [6.07, 6.45) is 3.23. The lowest BCUT2D eigenvalue weighted by atomic mass is 9.91. The molecule has 1 heterocycles. The van der Waals surface area contributed by atoms with Crippen LogP contribution in [0.15, 0.2) is 54.6 Å². The van der Waals surface area contributed by atoms with Gasteiger partial charge in [-0.05, 0) is 49.8 Å². The van der Waals surface area contributed by atoms with Crippen LogP contribution < -0.4 is 10.6 Å². The number of hydrogen-bond donors (Lipinski definition) is 2. The number of carbonyl (C=O) groups excluding carboxylic acids is 2. The molecule has 2 aromatic carbocycles. The summed E-state index contributed by atoms with van der Waals surface area (Å²) in [5, 5.41) is 7.25. The standard InChI is InChI=1S/C25H29N3O3/c1-2-31-24(29)17-28-22-11-7-6-10-20(22)21-16-19(12-13-23(21)28)27-25(30)26-15-14-18-8-4-3-5-9-18/h3-11,19H,2,12-17H2,1H3,(H2,26,27,30)/t19-/m0/s1. The van der Waals surface area contributed by atoms with Gasteiger partial charge in [0.15, 0.2) is 0 Å². The van der Waals surface area contributed by atoms with Gasteiger partial charge in [0.25, 0.3) is 0 Å². The summed E-state index contributed by atoms with van der Waals surface area (Å²) < 4.78 is 7.26. The number of esters is 1. The molecule has 6 heteroatoms. The number of aromatic nitrogens is 1. The first-order chi connectivity index (χ1) is 15.2. The van der Waals surface area contributed by atoms with Crippen molar-refractivity contribution in [3.8, 4) is 0 Å². The van der Waals surface area contributed by atoms with Crippen molar-refractivity contribution >= 4 is 22.9 Å². The number of rotatable bonds is 7. The number of urea groups is 1. The fraction of sp³-hybridized carbons (Fsp3) is 0.360. The van der Waals surface area contributed by atoms with Crippen LogP contribution in [0.2, 0.25) is 0 Å². The van der Waals surface area contributed by atoms with Crippen molar-refractivity contribution in [1.82, 2.24) is 15.2 Å². The summed E-state index contributed by atoms with van der Waals surface area (Å²) in [5.74, 6) is -0.218. The number of nitrogens with zero attached hydrogens (tertiary/aromatic N) is 1. The van der Waals surface area contributed by atoms with Gasteiger partial charge in [0.1, 0.15) is 6.54 Å². The molecule has 162 valence electrons. The summed E-state index contributed by atoms with van der Waals surface area (Å²) in [6, 6.07) is 18.2. The average Bonchev–Trinajstić information content (AvgIpc) is 3.08. The highest BCUT2D eigenvalue weighted by atomic mass is 16.5. The second kappa shape index (κ2) is 9.69. The van der Waals surface area contributed by atoms with E-state index in [1.54, 1.807) is 0 Å². The minimum Gasteiger partial charge on any atom is -0.465 e. The first-order valence-corrected chi connectivity index (χ1v) is 11.0. The van der Waals surface area contributed by atoms with Crippen molar-refractivity contribution in [1.29, 1.82) is 0 Å². The van der Waals surface area contributed by atoms with Crippen molar-refractivity contribution in [3.05, 3.63) is 71.4 Å². The molecule has 1 aliphatic rings. The highest BCUT2D eigenvalue weighted by molar-refractivity contribution is 5.87. The molecule has 1 aliphatic carbocycles. The Morgan fingerprint density at radius 3 is 2.68 bits per heavy atom. The molecule has 0 saturated heterocycles.